The van der Waals surface area contributed by atoms with Crippen LogP contribution in [0.2, 0.25) is 0 Å². The van der Waals surface area contributed by atoms with Gasteiger partial charge in [0.25, 0.3) is 0 Å². The fourth-order valence-electron chi connectivity index (χ4n) is 5.06. The van der Waals surface area contributed by atoms with Crippen LogP contribution in [0, 0.1) is 12.7 Å². The topological polar surface area (TPSA) is 57.4 Å². The number of benzene rings is 2. The maximum atomic E-state index is 14.0. The molecule has 2 atom stereocenters. The van der Waals surface area contributed by atoms with E-state index in [2.05, 4.69) is 40.3 Å². The lowest BCUT2D eigenvalue weighted by molar-refractivity contribution is -0.122. The van der Waals surface area contributed by atoms with Crippen LogP contribution >= 0.6 is 0 Å². The van der Waals surface area contributed by atoms with Crippen LogP contribution in [0.1, 0.15) is 29.2 Å². The highest BCUT2D eigenvalue weighted by molar-refractivity contribution is 5.84. The molecule has 5 nitrogen and oxygen atoms in total. The molecule has 1 amide bonds. The summed E-state index contributed by atoms with van der Waals surface area (Å²) >= 11 is 0. The van der Waals surface area contributed by atoms with Crippen LogP contribution in [-0.4, -0.2) is 47.6 Å². The van der Waals surface area contributed by atoms with Crippen molar-refractivity contribution < 1.29 is 13.9 Å². The highest BCUT2D eigenvalue weighted by Crippen LogP contribution is 2.38. The number of fused-ring (bicyclic) bond motifs is 1. The minimum Gasteiger partial charge on any atom is -0.378 e. The third kappa shape index (κ3) is 3.40. The van der Waals surface area contributed by atoms with E-state index in [-0.39, 0.29) is 17.6 Å². The van der Waals surface area contributed by atoms with Gasteiger partial charge >= 0.3 is 0 Å². The Morgan fingerprint density at radius 2 is 2.10 bits per heavy atom. The molecule has 0 aliphatic carbocycles. The van der Waals surface area contributed by atoms with E-state index in [1.54, 1.807) is 12.1 Å². The number of carbonyl (C=O) groups is 1. The fourth-order valence-corrected chi connectivity index (χ4v) is 5.06. The number of hydrogen-bond acceptors (Lipinski definition) is 3. The number of ether oxygens (including phenoxy) is 1. The van der Waals surface area contributed by atoms with Crippen LogP contribution in [0.4, 0.5) is 4.39 Å². The highest BCUT2D eigenvalue weighted by Gasteiger charge is 2.49. The number of hydrogen-bond donors (Lipinski definition) is 2. The summed E-state index contributed by atoms with van der Waals surface area (Å²) in [5, 5.41) is 4.47. The molecule has 5 rings (SSSR count). The first-order chi connectivity index (χ1) is 14.5. The van der Waals surface area contributed by atoms with Gasteiger partial charge in [0, 0.05) is 48.6 Å². The number of aromatic nitrogens is 1. The highest BCUT2D eigenvalue weighted by atomic mass is 19.1. The summed E-state index contributed by atoms with van der Waals surface area (Å²) in [6, 6.07) is 15.0. The van der Waals surface area contributed by atoms with Crippen molar-refractivity contribution in [1.29, 1.82) is 0 Å². The van der Waals surface area contributed by atoms with E-state index in [0.717, 1.165) is 24.2 Å². The van der Waals surface area contributed by atoms with Gasteiger partial charge in [-0.05, 0) is 36.2 Å². The Labute approximate surface area is 175 Å². The molecule has 0 unspecified atom stereocenters. The number of carbonyl (C=O) groups excluding carboxylic acids is 1. The number of aryl methyl sites for hydroxylation is 1. The summed E-state index contributed by atoms with van der Waals surface area (Å²) in [7, 11) is 0. The SMILES string of the molecule is Cc1c(CN2C[C@@H](c3cccc(F)c3)[C@@]3(COCCC(=O)N3)C2)[nH]c2ccccc12. The Kier molecular flexibility index (Phi) is 4.83. The summed E-state index contributed by atoms with van der Waals surface area (Å²) in [6.07, 6.45) is 0.360. The lowest BCUT2D eigenvalue weighted by atomic mass is 9.82. The Bertz CT molecular complexity index is 1090. The average Bonchev–Trinajstić information content (AvgIpc) is 3.16. The average molecular weight is 407 g/mol. The second-order valence-electron chi connectivity index (χ2n) is 8.56. The second kappa shape index (κ2) is 7.52. The fraction of sp³-hybridized carbons (Fsp3) is 0.375. The molecule has 2 saturated heterocycles. The first-order valence-corrected chi connectivity index (χ1v) is 10.5. The molecule has 3 aromatic rings. The first-order valence-electron chi connectivity index (χ1n) is 10.5. The van der Waals surface area contributed by atoms with Crippen LogP contribution in [0.15, 0.2) is 48.5 Å². The lowest BCUT2D eigenvalue weighted by Crippen LogP contribution is -2.55. The van der Waals surface area contributed by atoms with Gasteiger partial charge in [0.15, 0.2) is 0 Å². The van der Waals surface area contributed by atoms with Crippen molar-refractivity contribution in [2.45, 2.75) is 31.3 Å². The van der Waals surface area contributed by atoms with Crippen LogP contribution in [0.3, 0.4) is 0 Å². The minimum atomic E-state index is -0.554. The molecule has 156 valence electrons. The zero-order valence-electron chi connectivity index (χ0n) is 17.1. The van der Waals surface area contributed by atoms with E-state index in [1.807, 2.05) is 12.1 Å². The quantitative estimate of drug-likeness (QED) is 0.699. The van der Waals surface area contributed by atoms with Crippen molar-refractivity contribution in [3.05, 3.63) is 71.2 Å². The largest absolute Gasteiger partial charge is 0.378 e. The molecule has 0 radical (unpaired) electrons. The van der Waals surface area contributed by atoms with E-state index in [9.17, 15) is 9.18 Å². The number of nitrogens with zero attached hydrogens (tertiary/aromatic N) is 1. The van der Waals surface area contributed by atoms with Crippen molar-refractivity contribution in [3.63, 3.8) is 0 Å². The van der Waals surface area contributed by atoms with Gasteiger partial charge < -0.3 is 15.0 Å². The zero-order chi connectivity index (χ0) is 20.7. The van der Waals surface area contributed by atoms with Crippen LogP contribution < -0.4 is 5.32 Å². The summed E-state index contributed by atoms with van der Waals surface area (Å²) in [6.45, 7) is 5.12. The minimum absolute atomic E-state index is 0.00227. The molecule has 1 aromatic heterocycles. The molecule has 30 heavy (non-hydrogen) atoms. The Hall–Kier alpha value is -2.70. The molecule has 2 aliphatic heterocycles. The van der Waals surface area contributed by atoms with Crippen LogP contribution in [0.5, 0.6) is 0 Å². The smallest absolute Gasteiger partial charge is 0.222 e. The summed E-state index contributed by atoms with van der Waals surface area (Å²) < 4.78 is 19.9. The molecule has 2 aliphatic rings. The Morgan fingerprint density at radius 1 is 1.23 bits per heavy atom. The van der Waals surface area contributed by atoms with E-state index in [4.69, 9.17) is 4.74 Å². The van der Waals surface area contributed by atoms with E-state index in [0.29, 0.717) is 26.2 Å². The van der Waals surface area contributed by atoms with E-state index < -0.39 is 5.54 Å². The van der Waals surface area contributed by atoms with Gasteiger partial charge in [-0.15, -0.1) is 0 Å². The number of rotatable bonds is 3. The molecule has 2 fully saturated rings. The zero-order valence-corrected chi connectivity index (χ0v) is 17.1. The molecule has 0 bridgehead atoms. The standard InChI is InChI=1S/C24H26FN3O2/c1-16-19-7-2-3-8-21(19)26-22(16)13-28-12-20(17-5-4-6-18(25)11-17)24(14-28)15-30-10-9-23(29)27-24/h2-8,11,20,26H,9-10,12-15H2,1H3,(H,27,29)/t20-,24-/m0/s1. The third-order valence-electron chi connectivity index (χ3n) is 6.54. The lowest BCUT2D eigenvalue weighted by Gasteiger charge is -2.34. The monoisotopic (exact) mass is 407 g/mol. The number of amides is 1. The second-order valence-corrected chi connectivity index (χ2v) is 8.56. The molecule has 0 saturated carbocycles. The summed E-state index contributed by atoms with van der Waals surface area (Å²) in [4.78, 5) is 18.3. The first kappa shape index (κ1) is 19.3. The molecule has 1 spiro atoms. The van der Waals surface area contributed by atoms with Gasteiger partial charge in [-0.25, -0.2) is 4.39 Å². The summed E-state index contributed by atoms with van der Waals surface area (Å²) in [5.41, 5.74) is 3.90. The number of aromatic amines is 1. The summed E-state index contributed by atoms with van der Waals surface area (Å²) in [5.74, 6) is -0.300. The molecular weight excluding hydrogens is 381 g/mol. The number of para-hydroxylation sites is 1. The molecule has 3 heterocycles. The van der Waals surface area contributed by atoms with E-state index >= 15 is 0 Å². The van der Waals surface area contributed by atoms with Crippen molar-refractivity contribution in [2.24, 2.45) is 0 Å². The van der Waals surface area contributed by atoms with Gasteiger partial charge in [0.2, 0.25) is 5.91 Å². The number of likely N-dealkylation sites (tertiary alicyclic amines) is 1. The molecule has 2 aromatic carbocycles. The normalized spacial score (nSPS) is 25.0. The van der Waals surface area contributed by atoms with Crippen molar-refractivity contribution in [1.82, 2.24) is 15.2 Å². The van der Waals surface area contributed by atoms with Gasteiger partial charge in [0.05, 0.1) is 18.8 Å². The van der Waals surface area contributed by atoms with Gasteiger partial charge in [-0.3, -0.25) is 9.69 Å². The number of halogens is 1. The van der Waals surface area contributed by atoms with Crippen LogP contribution in [-0.2, 0) is 16.1 Å². The maximum absolute atomic E-state index is 14.0. The van der Waals surface area contributed by atoms with Crippen LogP contribution in [0.25, 0.3) is 10.9 Å². The van der Waals surface area contributed by atoms with Crippen molar-refractivity contribution >= 4 is 16.8 Å². The van der Waals surface area contributed by atoms with Gasteiger partial charge in [0.1, 0.15) is 5.82 Å². The van der Waals surface area contributed by atoms with Crippen molar-refractivity contribution in [3.8, 4) is 0 Å². The van der Waals surface area contributed by atoms with E-state index in [1.165, 1.54) is 22.7 Å². The molecule has 2 N–H and O–H groups in total. The van der Waals surface area contributed by atoms with Crippen molar-refractivity contribution in [2.75, 3.05) is 26.3 Å². The number of H-pyrrole nitrogens is 1. The Balaban J connectivity index is 1.48. The Morgan fingerprint density at radius 3 is 2.93 bits per heavy atom. The molecular formula is C24H26FN3O2. The van der Waals surface area contributed by atoms with Gasteiger partial charge in [-0.2, -0.15) is 0 Å². The van der Waals surface area contributed by atoms with Gasteiger partial charge in [-0.1, -0.05) is 30.3 Å². The number of nitrogens with one attached hydrogen (secondary N) is 2. The third-order valence-corrected chi connectivity index (χ3v) is 6.54. The maximum Gasteiger partial charge on any atom is 0.222 e. The predicted octanol–water partition coefficient (Wildman–Crippen LogP) is 3.49. The predicted molar refractivity (Wildman–Crippen MR) is 114 cm³/mol. The molecule has 6 heteroatoms.